The van der Waals surface area contributed by atoms with Gasteiger partial charge in [-0.3, -0.25) is 14.5 Å². The highest BCUT2D eigenvalue weighted by Gasteiger charge is 2.35. The lowest BCUT2D eigenvalue weighted by Gasteiger charge is -2.13. The van der Waals surface area contributed by atoms with Crippen LogP contribution in [0.1, 0.15) is 16.7 Å². The van der Waals surface area contributed by atoms with Crippen LogP contribution in [-0.2, 0) is 11.3 Å². The van der Waals surface area contributed by atoms with Crippen LogP contribution in [0.15, 0.2) is 54.0 Å². The predicted octanol–water partition coefficient (Wildman–Crippen LogP) is 5.57. The molecular weight excluding hydrogens is 614 g/mol. The Kier molecular flexibility index (Phi) is 7.37. The molecular formula is C21H14I2N2O3S. The van der Waals surface area contributed by atoms with Crippen molar-refractivity contribution in [1.29, 1.82) is 5.26 Å². The van der Waals surface area contributed by atoms with Crippen molar-refractivity contribution in [3.05, 3.63) is 77.8 Å². The Morgan fingerprint density at radius 1 is 1.21 bits per heavy atom. The van der Waals surface area contributed by atoms with Crippen molar-refractivity contribution < 1.29 is 14.3 Å². The molecule has 1 fully saturated rings. The van der Waals surface area contributed by atoms with Gasteiger partial charge in [-0.05, 0) is 92.3 Å². The topological polar surface area (TPSA) is 70.4 Å². The molecule has 2 aromatic carbocycles. The normalized spacial score (nSPS) is 14.9. The van der Waals surface area contributed by atoms with Gasteiger partial charge in [0.2, 0.25) is 0 Å². The molecule has 0 saturated carbocycles. The summed E-state index contributed by atoms with van der Waals surface area (Å²) in [5.41, 5.74) is 1.91. The number of benzene rings is 2. The molecule has 0 bridgehead atoms. The van der Waals surface area contributed by atoms with Gasteiger partial charge < -0.3 is 4.74 Å². The average Bonchev–Trinajstić information content (AvgIpc) is 2.95. The molecule has 0 atom stereocenters. The summed E-state index contributed by atoms with van der Waals surface area (Å²) in [4.78, 5) is 26.7. The smallest absolute Gasteiger partial charge is 0.293 e. The minimum Gasteiger partial charge on any atom is -0.487 e. The molecule has 0 aliphatic carbocycles. The second-order valence-corrected chi connectivity index (χ2v) is 9.27. The molecule has 1 aliphatic heterocycles. The fourth-order valence-corrected chi connectivity index (χ4v) is 5.63. The van der Waals surface area contributed by atoms with Crippen molar-refractivity contribution in [3.63, 3.8) is 0 Å². The maximum absolute atomic E-state index is 12.8. The van der Waals surface area contributed by atoms with Crippen molar-refractivity contribution in [3.8, 4) is 11.8 Å². The first kappa shape index (κ1) is 21.9. The zero-order valence-electron chi connectivity index (χ0n) is 15.0. The van der Waals surface area contributed by atoms with Crippen LogP contribution in [0.4, 0.5) is 4.79 Å². The van der Waals surface area contributed by atoms with Gasteiger partial charge in [0.15, 0.2) is 0 Å². The van der Waals surface area contributed by atoms with E-state index in [9.17, 15) is 14.9 Å². The minimum atomic E-state index is -0.357. The van der Waals surface area contributed by atoms with E-state index in [1.54, 1.807) is 36.4 Å². The third-order valence-electron chi connectivity index (χ3n) is 4.00. The third-order valence-corrected chi connectivity index (χ3v) is 6.51. The number of nitriles is 1. The Bertz CT molecular complexity index is 1050. The van der Waals surface area contributed by atoms with Gasteiger partial charge in [0, 0.05) is 0 Å². The van der Waals surface area contributed by atoms with Crippen LogP contribution in [0.25, 0.3) is 6.08 Å². The third kappa shape index (κ3) is 5.02. The lowest BCUT2D eigenvalue weighted by molar-refractivity contribution is -0.123. The van der Waals surface area contributed by atoms with Gasteiger partial charge in [-0.15, -0.1) is 0 Å². The van der Waals surface area contributed by atoms with E-state index >= 15 is 0 Å². The van der Waals surface area contributed by atoms with E-state index in [2.05, 4.69) is 57.8 Å². The van der Waals surface area contributed by atoms with Crippen molar-refractivity contribution in [2.45, 2.75) is 6.54 Å². The lowest BCUT2D eigenvalue weighted by Crippen LogP contribution is -2.27. The van der Waals surface area contributed by atoms with E-state index in [-0.39, 0.29) is 17.7 Å². The summed E-state index contributed by atoms with van der Waals surface area (Å²) in [5, 5.41) is 8.88. The van der Waals surface area contributed by atoms with E-state index in [4.69, 9.17) is 4.74 Å². The summed E-state index contributed by atoms with van der Waals surface area (Å²) in [6.45, 7) is 4.14. The molecule has 2 amide bonds. The van der Waals surface area contributed by atoms with Crippen LogP contribution in [0.2, 0.25) is 0 Å². The monoisotopic (exact) mass is 628 g/mol. The van der Waals surface area contributed by atoms with E-state index in [0.29, 0.717) is 22.6 Å². The van der Waals surface area contributed by atoms with Gasteiger partial charge in [-0.1, -0.05) is 30.9 Å². The number of halogens is 2. The lowest BCUT2D eigenvalue weighted by atomic mass is 10.1. The average molecular weight is 628 g/mol. The van der Waals surface area contributed by atoms with Gasteiger partial charge >= 0.3 is 0 Å². The number of imide groups is 1. The highest BCUT2D eigenvalue weighted by Crippen LogP contribution is 2.35. The number of hydrogen-bond donors (Lipinski definition) is 0. The van der Waals surface area contributed by atoms with Crippen LogP contribution in [0.3, 0.4) is 0 Å². The molecule has 2 aromatic rings. The molecule has 0 spiro atoms. The number of carbonyl (C=O) groups is 2. The molecule has 0 radical (unpaired) electrons. The predicted molar refractivity (Wildman–Crippen MR) is 130 cm³/mol. The number of amides is 2. The van der Waals surface area contributed by atoms with Gasteiger partial charge in [-0.2, -0.15) is 5.26 Å². The molecule has 0 aromatic heterocycles. The fourth-order valence-electron chi connectivity index (χ4n) is 2.67. The quantitative estimate of drug-likeness (QED) is 0.238. The van der Waals surface area contributed by atoms with E-state index in [0.717, 1.165) is 30.2 Å². The molecule has 29 heavy (non-hydrogen) atoms. The molecule has 0 unspecified atom stereocenters. The number of thioether (sulfide) groups is 1. The summed E-state index contributed by atoms with van der Waals surface area (Å²) in [6.07, 6.45) is 3.39. The Morgan fingerprint density at radius 3 is 2.55 bits per heavy atom. The van der Waals surface area contributed by atoms with Crippen LogP contribution < -0.4 is 4.74 Å². The summed E-state index contributed by atoms with van der Waals surface area (Å²) in [5.74, 6) is 0.411. The van der Waals surface area contributed by atoms with E-state index in [1.165, 1.54) is 4.90 Å². The van der Waals surface area contributed by atoms with Gasteiger partial charge in [0.05, 0.1) is 30.2 Å². The number of hydrogen-bond acceptors (Lipinski definition) is 5. The first-order valence-electron chi connectivity index (χ1n) is 8.40. The SMILES string of the molecule is C=CCOc1c(I)cc(/C=C2/SC(=O)N(Cc3ccccc3C#N)C2=O)cc1I. The van der Waals surface area contributed by atoms with E-state index in [1.807, 2.05) is 12.1 Å². The minimum absolute atomic E-state index is 0.0785. The summed E-state index contributed by atoms with van der Waals surface area (Å²) >= 11 is 5.27. The number of nitrogens with zero attached hydrogens (tertiary/aromatic N) is 2. The van der Waals surface area contributed by atoms with Gasteiger partial charge in [0.25, 0.3) is 11.1 Å². The van der Waals surface area contributed by atoms with Crippen LogP contribution in [-0.4, -0.2) is 22.7 Å². The maximum Gasteiger partial charge on any atom is 0.293 e. The fraction of sp³-hybridized carbons (Fsp3) is 0.0952. The van der Waals surface area contributed by atoms with Gasteiger partial charge in [-0.25, -0.2) is 0 Å². The number of rotatable bonds is 6. The molecule has 1 aliphatic rings. The highest BCUT2D eigenvalue weighted by atomic mass is 127. The Morgan fingerprint density at radius 2 is 1.90 bits per heavy atom. The summed E-state index contributed by atoms with van der Waals surface area (Å²) in [7, 11) is 0. The second kappa shape index (κ2) is 9.77. The maximum atomic E-state index is 12.8. The van der Waals surface area contributed by atoms with Gasteiger partial charge in [0.1, 0.15) is 12.4 Å². The standard InChI is InChI=1S/C21H14I2N2O3S/c1-2-7-28-19-16(22)8-13(9-17(19)23)10-18-20(26)25(21(27)29-18)12-15-6-4-3-5-14(15)11-24/h2-6,8-10H,1,7,12H2/b18-10+. The van der Waals surface area contributed by atoms with Crippen LogP contribution in [0.5, 0.6) is 5.75 Å². The molecule has 0 N–H and O–H groups in total. The first-order chi connectivity index (χ1) is 13.9. The molecule has 5 nitrogen and oxygen atoms in total. The summed E-state index contributed by atoms with van der Waals surface area (Å²) in [6, 6.07) is 12.9. The van der Waals surface area contributed by atoms with E-state index < -0.39 is 0 Å². The molecule has 8 heteroatoms. The van der Waals surface area contributed by atoms with Crippen molar-refractivity contribution in [1.82, 2.24) is 4.90 Å². The summed E-state index contributed by atoms with van der Waals surface area (Å²) < 4.78 is 7.48. The van der Waals surface area contributed by atoms with Crippen LogP contribution in [0, 0.1) is 18.5 Å². The molecule has 1 heterocycles. The zero-order chi connectivity index (χ0) is 21.0. The Balaban J connectivity index is 1.85. The number of ether oxygens (including phenoxy) is 1. The van der Waals surface area contributed by atoms with Crippen molar-refractivity contribution >= 4 is 74.2 Å². The Hall–Kier alpha value is -1.84. The largest absolute Gasteiger partial charge is 0.487 e. The Labute approximate surface area is 200 Å². The van der Waals surface area contributed by atoms with Crippen molar-refractivity contribution in [2.24, 2.45) is 0 Å². The first-order valence-corrected chi connectivity index (χ1v) is 11.4. The molecule has 1 saturated heterocycles. The van der Waals surface area contributed by atoms with Crippen molar-refractivity contribution in [2.75, 3.05) is 6.61 Å². The number of carbonyl (C=O) groups excluding carboxylic acids is 2. The highest BCUT2D eigenvalue weighted by molar-refractivity contribution is 14.1. The molecule has 146 valence electrons. The zero-order valence-corrected chi connectivity index (χ0v) is 20.2. The molecule has 3 rings (SSSR count). The second-order valence-electron chi connectivity index (χ2n) is 5.95. The van der Waals surface area contributed by atoms with Crippen LogP contribution >= 0.6 is 56.9 Å².